The summed E-state index contributed by atoms with van der Waals surface area (Å²) in [4.78, 5) is 0. The topological polar surface area (TPSA) is 29.5 Å². The van der Waals surface area contributed by atoms with E-state index in [0.29, 0.717) is 6.10 Å². The summed E-state index contributed by atoms with van der Waals surface area (Å²) in [5.41, 5.74) is 2.25. The maximum absolute atomic E-state index is 10.1. The molecule has 1 aliphatic heterocycles. The minimum Gasteiger partial charge on any atom is -0.388 e. The van der Waals surface area contributed by atoms with Crippen molar-refractivity contribution in [2.75, 3.05) is 6.61 Å². The number of rotatable bonds is 4. The highest BCUT2D eigenvalue weighted by atomic mass is 16.5. The Kier molecular flexibility index (Phi) is 4.57. The molecule has 0 amide bonds. The van der Waals surface area contributed by atoms with Gasteiger partial charge in [0.15, 0.2) is 0 Å². The molecule has 2 nitrogen and oxygen atoms in total. The van der Waals surface area contributed by atoms with Gasteiger partial charge in [-0.25, -0.2) is 0 Å². The molecule has 2 rings (SSSR count). The summed E-state index contributed by atoms with van der Waals surface area (Å²) in [5.74, 6) is 0. The Labute approximate surface area is 104 Å². The zero-order chi connectivity index (χ0) is 12.1. The molecule has 1 aromatic carbocycles. The van der Waals surface area contributed by atoms with E-state index in [1.165, 1.54) is 18.4 Å². The van der Waals surface area contributed by atoms with Gasteiger partial charge in [-0.05, 0) is 44.6 Å². The van der Waals surface area contributed by atoms with Crippen molar-refractivity contribution in [1.82, 2.24) is 0 Å². The average molecular weight is 234 g/mol. The van der Waals surface area contributed by atoms with Crippen LogP contribution in [0, 0.1) is 6.92 Å². The number of hydrogen-bond acceptors (Lipinski definition) is 2. The van der Waals surface area contributed by atoms with E-state index >= 15 is 0 Å². The van der Waals surface area contributed by atoms with Crippen molar-refractivity contribution in [2.45, 2.75) is 51.2 Å². The number of benzene rings is 1. The molecule has 1 saturated heterocycles. The lowest BCUT2D eigenvalue weighted by Gasteiger charge is -2.23. The van der Waals surface area contributed by atoms with Crippen LogP contribution in [0.1, 0.15) is 49.3 Å². The molecule has 1 heterocycles. The Hall–Kier alpha value is -0.860. The molecule has 17 heavy (non-hydrogen) atoms. The van der Waals surface area contributed by atoms with Gasteiger partial charge in [0, 0.05) is 6.61 Å². The van der Waals surface area contributed by atoms with Gasteiger partial charge in [0.2, 0.25) is 0 Å². The molecular weight excluding hydrogens is 212 g/mol. The fourth-order valence-corrected chi connectivity index (χ4v) is 2.33. The maximum atomic E-state index is 10.1. The number of aliphatic hydroxyl groups excluding tert-OH is 1. The molecular formula is C15H22O2. The van der Waals surface area contributed by atoms with Gasteiger partial charge in [0.1, 0.15) is 0 Å². The summed E-state index contributed by atoms with van der Waals surface area (Å²) in [7, 11) is 0. The predicted octanol–water partition coefficient (Wildman–Crippen LogP) is 3.38. The van der Waals surface area contributed by atoms with E-state index in [2.05, 4.69) is 19.1 Å². The van der Waals surface area contributed by atoms with E-state index in [9.17, 15) is 5.11 Å². The number of aliphatic hydroxyl groups is 1. The third-order valence-electron chi connectivity index (χ3n) is 3.50. The highest BCUT2D eigenvalue weighted by Gasteiger charge is 2.16. The van der Waals surface area contributed by atoms with Gasteiger partial charge in [-0.15, -0.1) is 0 Å². The summed E-state index contributed by atoms with van der Waals surface area (Å²) in [6.45, 7) is 2.96. The molecule has 1 aromatic rings. The van der Waals surface area contributed by atoms with Crippen LogP contribution in [-0.2, 0) is 4.74 Å². The molecule has 0 aromatic heterocycles. The Morgan fingerprint density at radius 1 is 1.29 bits per heavy atom. The van der Waals surface area contributed by atoms with Crippen molar-refractivity contribution in [3.05, 3.63) is 35.4 Å². The van der Waals surface area contributed by atoms with E-state index < -0.39 is 0 Å². The Morgan fingerprint density at radius 2 is 2.06 bits per heavy atom. The van der Waals surface area contributed by atoms with Crippen LogP contribution in [0.2, 0.25) is 0 Å². The van der Waals surface area contributed by atoms with E-state index in [1.54, 1.807) is 0 Å². The molecule has 2 unspecified atom stereocenters. The molecule has 1 N–H and O–H groups in total. The van der Waals surface area contributed by atoms with Gasteiger partial charge in [-0.1, -0.05) is 29.8 Å². The molecule has 1 fully saturated rings. The second-order valence-electron chi connectivity index (χ2n) is 4.99. The van der Waals surface area contributed by atoms with Crippen LogP contribution in [0.5, 0.6) is 0 Å². The molecule has 2 atom stereocenters. The fraction of sp³-hybridized carbons (Fsp3) is 0.600. The molecule has 94 valence electrons. The van der Waals surface area contributed by atoms with Gasteiger partial charge in [-0.2, -0.15) is 0 Å². The van der Waals surface area contributed by atoms with Crippen molar-refractivity contribution in [2.24, 2.45) is 0 Å². The van der Waals surface area contributed by atoms with Crippen LogP contribution < -0.4 is 0 Å². The highest BCUT2D eigenvalue weighted by Crippen LogP contribution is 2.23. The summed E-state index contributed by atoms with van der Waals surface area (Å²) in [6, 6.07) is 8.13. The van der Waals surface area contributed by atoms with Crippen LogP contribution in [0.3, 0.4) is 0 Å². The first-order valence-corrected chi connectivity index (χ1v) is 6.62. The van der Waals surface area contributed by atoms with Crippen LogP contribution in [0.25, 0.3) is 0 Å². The summed E-state index contributed by atoms with van der Waals surface area (Å²) >= 11 is 0. The van der Waals surface area contributed by atoms with Gasteiger partial charge < -0.3 is 9.84 Å². The Bertz CT molecular complexity index is 325. The summed E-state index contributed by atoms with van der Waals surface area (Å²) in [6.07, 6.45) is 5.40. The van der Waals surface area contributed by atoms with Crippen molar-refractivity contribution < 1.29 is 9.84 Å². The second kappa shape index (κ2) is 6.18. The maximum Gasteiger partial charge on any atom is 0.0791 e. The Balaban J connectivity index is 1.80. The molecule has 0 spiro atoms. The third kappa shape index (κ3) is 3.83. The van der Waals surface area contributed by atoms with E-state index in [-0.39, 0.29) is 6.10 Å². The first kappa shape index (κ1) is 12.6. The fourth-order valence-electron chi connectivity index (χ4n) is 2.33. The first-order valence-electron chi connectivity index (χ1n) is 6.62. The van der Waals surface area contributed by atoms with Crippen LogP contribution in [0.15, 0.2) is 24.3 Å². The Morgan fingerprint density at radius 3 is 2.71 bits per heavy atom. The normalized spacial score (nSPS) is 22.4. The number of hydrogen-bond donors (Lipinski definition) is 1. The van der Waals surface area contributed by atoms with Crippen molar-refractivity contribution in [1.29, 1.82) is 0 Å². The molecule has 0 aliphatic carbocycles. The molecule has 0 bridgehead atoms. The van der Waals surface area contributed by atoms with Crippen LogP contribution >= 0.6 is 0 Å². The zero-order valence-corrected chi connectivity index (χ0v) is 10.6. The largest absolute Gasteiger partial charge is 0.388 e. The molecule has 2 heteroatoms. The molecule has 1 aliphatic rings. The smallest absolute Gasteiger partial charge is 0.0791 e. The average Bonchev–Trinajstić information content (AvgIpc) is 2.38. The highest BCUT2D eigenvalue weighted by molar-refractivity contribution is 5.22. The molecule has 0 radical (unpaired) electrons. The van der Waals surface area contributed by atoms with Crippen LogP contribution in [-0.4, -0.2) is 17.8 Å². The first-order chi connectivity index (χ1) is 8.25. The van der Waals surface area contributed by atoms with Gasteiger partial charge in [-0.3, -0.25) is 0 Å². The predicted molar refractivity (Wildman–Crippen MR) is 69.0 cm³/mol. The van der Waals surface area contributed by atoms with E-state index in [0.717, 1.165) is 31.4 Å². The van der Waals surface area contributed by atoms with Gasteiger partial charge in [0.25, 0.3) is 0 Å². The van der Waals surface area contributed by atoms with Gasteiger partial charge >= 0.3 is 0 Å². The zero-order valence-electron chi connectivity index (χ0n) is 10.6. The quantitative estimate of drug-likeness (QED) is 0.865. The van der Waals surface area contributed by atoms with Crippen molar-refractivity contribution >= 4 is 0 Å². The van der Waals surface area contributed by atoms with E-state index in [1.807, 2.05) is 12.1 Å². The minimum atomic E-state index is -0.346. The SMILES string of the molecule is Cc1ccc(C(O)CCC2CCCCO2)cc1. The van der Waals surface area contributed by atoms with Crippen molar-refractivity contribution in [3.63, 3.8) is 0 Å². The minimum absolute atomic E-state index is 0.346. The standard InChI is InChI=1S/C15H22O2/c1-12-5-7-13(8-6-12)15(16)10-9-14-4-2-3-11-17-14/h5-8,14-16H,2-4,9-11H2,1H3. The lowest BCUT2D eigenvalue weighted by atomic mass is 9.99. The number of ether oxygens (including phenoxy) is 1. The summed E-state index contributed by atoms with van der Waals surface area (Å²) < 4.78 is 5.67. The van der Waals surface area contributed by atoms with E-state index in [4.69, 9.17) is 4.74 Å². The number of aryl methyl sites for hydroxylation is 1. The van der Waals surface area contributed by atoms with Crippen LogP contribution in [0.4, 0.5) is 0 Å². The molecule has 0 saturated carbocycles. The second-order valence-corrected chi connectivity index (χ2v) is 4.99. The third-order valence-corrected chi connectivity index (χ3v) is 3.50. The lowest BCUT2D eigenvalue weighted by Crippen LogP contribution is -2.19. The van der Waals surface area contributed by atoms with Gasteiger partial charge in [0.05, 0.1) is 12.2 Å². The monoisotopic (exact) mass is 234 g/mol. The summed E-state index contributed by atoms with van der Waals surface area (Å²) in [5, 5.41) is 10.1. The lowest BCUT2D eigenvalue weighted by molar-refractivity contribution is 0.00213. The van der Waals surface area contributed by atoms with Crippen molar-refractivity contribution in [3.8, 4) is 0 Å².